The molecule has 0 spiro atoms. The molecule has 0 aromatic heterocycles. The largest absolute Gasteiger partial charge is 0.388 e. The van der Waals surface area contributed by atoms with Gasteiger partial charge in [0.25, 0.3) is 0 Å². The van der Waals surface area contributed by atoms with Gasteiger partial charge in [0.2, 0.25) is 0 Å². The Balaban J connectivity index is 1.96. The average Bonchev–Trinajstić information content (AvgIpc) is 3.10. The first-order valence-corrected chi connectivity index (χ1v) is 5.57. The lowest BCUT2D eigenvalue weighted by atomic mass is 10.0. The molecule has 1 aliphatic rings. The molecule has 1 aliphatic carbocycles. The van der Waals surface area contributed by atoms with Gasteiger partial charge in [-0.05, 0) is 36.3 Å². The summed E-state index contributed by atoms with van der Waals surface area (Å²) in [6, 6.07) is 8.24. The number of aliphatic hydroxyl groups is 1. The maximum atomic E-state index is 9.90. The zero-order chi connectivity index (χ0) is 10.7. The van der Waals surface area contributed by atoms with Crippen molar-refractivity contribution in [2.45, 2.75) is 25.4 Å². The number of aliphatic hydroxyl groups excluding tert-OH is 1. The molecule has 0 radical (unpaired) electrons. The molecule has 1 unspecified atom stereocenters. The Morgan fingerprint density at radius 3 is 2.53 bits per heavy atom. The number of methoxy groups -OCH3 is 1. The molecular weight excluding hydrogens is 188 g/mol. The van der Waals surface area contributed by atoms with E-state index in [9.17, 15) is 5.11 Å². The van der Waals surface area contributed by atoms with E-state index in [4.69, 9.17) is 4.74 Å². The predicted molar refractivity (Wildman–Crippen MR) is 59.7 cm³/mol. The third-order valence-electron chi connectivity index (χ3n) is 2.98. The Kier molecular flexibility index (Phi) is 3.39. The van der Waals surface area contributed by atoms with Crippen molar-refractivity contribution >= 4 is 0 Å². The van der Waals surface area contributed by atoms with Gasteiger partial charge >= 0.3 is 0 Å². The number of rotatable bonds is 5. The Bertz CT molecular complexity index is 301. The molecular formula is C13H18O2. The minimum absolute atomic E-state index is 0.249. The van der Waals surface area contributed by atoms with Gasteiger partial charge in [-0.25, -0.2) is 0 Å². The lowest BCUT2D eigenvalue weighted by Gasteiger charge is -2.10. The molecule has 0 heterocycles. The van der Waals surface area contributed by atoms with E-state index >= 15 is 0 Å². The van der Waals surface area contributed by atoms with Gasteiger partial charge in [-0.1, -0.05) is 24.3 Å². The van der Waals surface area contributed by atoms with Crippen LogP contribution in [0.1, 0.15) is 30.1 Å². The van der Waals surface area contributed by atoms with Crippen LogP contribution in [0, 0.1) is 5.92 Å². The summed E-state index contributed by atoms with van der Waals surface area (Å²) < 4.78 is 5.02. The fourth-order valence-electron chi connectivity index (χ4n) is 1.79. The molecule has 1 N–H and O–H groups in total. The highest BCUT2D eigenvalue weighted by Crippen LogP contribution is 2.40. The van der Waals surface area contributed by atoms with Crippen molar-refractivity contribution in [1.82, 2.24) is 0 Å². The van der Waals surface area contributed by atoms with Crippen LogP contribution in [0.25, 0.3) is 0 Å². The second kappa shape index (κ2) is 4.77. The maximum absolute atomic E-state index is 9.90. The predicted octanol–water partition coefficient (Wildman–Crippen LogP) is 2.32. The molecule has 1 fully saturated rings. The quantitative estimate of drug-likeness (QED) is 0.801. The smallest absolute Gasteiger partial charge is 0.0818 e. The Morgan fingerprint density at radius 2 is 2.00 bits per heavy atom. The molecule has 82 valence electrons. The summed E-state index contributed by atoms with van der Waals surface area (Å²) in [6.07, 6.45) is 3.04. The van der Waals surface area contributed by atoms with Crippen LogP contribution in [0.3, 0.4) is 0 Å². The van der Waals surface area contributed by atoms with E-state index in [1.54, 1.807) is 7.11 Å². The first-order valence-electron chi connectivity index (χ1n) is 5.57. The molecule has 2 nitrogen and oxygen atoms in total. The fraction of sp³-hybridized carbons (Fsp3) is 0.538. The lowest BCUT2D eigenvalue weighted by Crippen LogP contribution is -2.00. The lowest BCUT2D eigenvalue weighted by molar-refractivity contribution is 0.154. The zero-order valence-electron chi connectivity index (χ0n) is 9.15. The van der Waals surface area contributed by atoms with Crippen molar-refractivity contribution in [3.8, 4) is 0 Å². The molecule has 0 bridgehead atoms. The SMILES string of the molecule is COCCc1ccc(C(O)C2CC2)cc1. The van der Waals surface area contributed by atoms with Gasteiger partial charge in [-0.2, -0.15) is 0 Å². The van der Waals surface area contributed by atoms with Gasteiger partial charge in [0.1, 0.15) is 0 Å². The van der Waals surface area contributed by atoms with E-state index in [1.807, 2.05) is 12.1 Å². The molecule has 1 saturated carbocycles. The van der Waals surface area contributed by atoms with Gasteiger partial charge < -0.3 is 9.84 Å². The molecule has 1 atom stereocenters. The zero-order valence-corrected chi connectivity index (χ0v) is 9.15. The molecule has 0 aliphatic heterocycles. The van der Waals surface area contributed by atoms with E-state index in [0.717, 1.165) is 18.6 Å². The highest BCUT2D eigenvalue weighted by Gasteiger charge is 2.30. The van der Waals surface area contributed by atoms with Gasteiger partial charge in [0.15, 0.2) is 0 Å². The van der Waals surface area contributed by atoms with E-state index in [0.29, 0.717) is 5.92 Å². The summed E-state index contributed by atoms with van der Waals surface area (Å²) in [7, 11) is 1.71. The van der Waals surface area contributed by atoms with E-state index < -0.39 is 0 Å². The summed E-state index contributed by atoms with van der Waals surface area (Å²) in [4.78, 5) is 0. The maximum Gasteiger partial charge on any atom is 0.0818 e. The molecule has 15 heavy (non-hydrogen) atoms. The first-order chi connectivity index (χ1) is 7.31. The van der Waals surface area contributed by atoms with Crippen molar-refractivity contribution < 1.29 is 9.84 Å². The van der Waals surface area contributed by atoms with Crippen LogP contribution in [0.4, 0.5) is 0 Å². The fourth-order valence-corrected chi connectivity index (χ4v) is 1.79. The molecule has 1 aromatic rings. The van der Waals surface area contributed by atoms with E-state index in [2.05, 4.69) is 12.1 Å². The third kappa shape index (κ3) is 2.80. The van der Waals surface area contributed by atoms with Gasteiger partial charge in [-0.15, -0.1) is 0 Å². The number of hydrogen-bond acceptors (Lipinski definition) is 2. The van der Waals surface area contributed by atoms with Crippen molar-refractivity contribution in [3.05, 3.63) is 35.4 Å². The molecule has 2 heteroatoms. The van der Waals surface area contributed by atoms with Crippen LogP contribution >= 0.6 is 0 Å². The van der Waals surface area contributed by atoms with E-state index in [1.165, 1.54) is 18.4 Å². The number of benzene rings is 1. The standard InChI is InChI=1S/C13H18O2/c1-15-9-8-10-2-4-11(5-3-10)13(14)12-6-7-12/h2-5,12-14H,6-9H2,1H3. The summed E-state index contributed by atoms with van der Waals surface area (Å²) in [6.45, 7) is 0.754. The summed E-state index contributed by atoms with van der Waals surface area (Å²) in [5.74, 6) is 0.509. The summed E-state index contributed by atoms with van der Waals surface area (Å²) in [5.41, 5.74) is 2.32. The monoisotopic (exact) mass is 206 g/mol. The van der Waals surface area contributed by atoms with Crippen molar-refractivity contribution in [2.75, 3.05) is 13.7 Å². The van der Waals surface area contributed by atoms with Crippen LogP contribution < -0.4 is 0 Å². The van der Waals surface area contributed by atoms with Crippen LogP contribution in [-0.4, -0.2) is 18.8 Å². The number of ether oxygens (including phenoxy) is 1. The minimum atomic E-state index is -0.249. The second-order valence-electron chi connectivity index (χ2n) is 4.27. The van der Waals surface area contributed by atoms with Gasteiger partial charge in [0.05, 0.1) is 12.7 Å². The Hall–Kier alpha value is -0.860. The van der Waals surface area contributed by atoms with Crippen LogP contribution in [0.2, 0.25) is 0 Å². The Labute approximate surface area is 90.9 Å². The summed E-state index contributed by atoms with van der Waals surface area (Å²) in [5, 5.41) is 9.90. The topological polar surface area (TPSA) is 29.5 Å². The Morgan fingerprint density at radius 1 is 1.33 bits per heavy atom. The van der Waals surface area contributed by atoms with Gasteiger partial charge in [0, 0.05) is 7.11 Å². The first kappa shape index (κ1) is 10.7. The van der Waals surface area contributed by atoms with Gasteiger partial charge in [-0.3, -0.25) is 0 Å². The minimum Gasteiger partial charge on any atom is -0.388 e. The van der Waals surface area contributed by atoms with Crippen molar-refractivity contribution in [3.63, 3.8) is 0 Å². The molecule has 0 saturated heterocycles. The highest BCUT2D eigenvalue weighted by molar-refractivity contribution is 5.25. The molecule has 0 amide bonds. The van der Waals surface area contributed by atoms with Crippen LogP contribution in [0.15, 0.2) is 24.3 Å². The van der Waals surface area contributed by atoms with Crippen LogP contribution in [0.5, 0.6) is 0 Å². The van der Waals surface area contributed by atoms with Crippen molar-refractivity contribution in [2.24, 2.45) is 5.92 Å². The second-order valence-corrected chi connectivity index (χ2v) is 4.27. The van der Waals surface area contributed by atoms with Crippen LogP contribution in [-0.2, 0) is 11.2 Å². The third-order valence-corrected chi connectivity index (χ3v) is 2.98. The van der Waals surface area contributed by atoms with E-state index in [-0.39, 0.29) is 6.10 Å². The number of hydrogen-bond donors (Lipinski definition) is 1. The molecule has 1 aromatic carbocycles. The average molecular weight is 206 g/mol. The molecule has 2 rings (SSSR count). The highest BCUT2D eigenvalue weighted by atomic mass is 16.5. The summed E-state index contributed by atoms with van der Waals surface area (Å²) >= 11 is 0. The normalized spacial score (nSPS) is 17.7. The van der Waals surface area contributed by atoms with Crippen molar-refractivity contribution in [1.29, 1.82) is 0 Å².